The van der Waals surface area contributed by atoms with Gasteiger partial charge in [0.05, 0.1) is 11.7 Å². The molecule has 1 aromatic carbocycles. The molecule has 4 rings (SSSR count). The number of hydrogen-bond donors (Lipinski definition) is 2. The average Bonchev–Trinajstić information content (AvgIpc) is 3.21. The summed E-state index contributed by atoms with van der Waals surface area (Å²) in [5.41, 5.74) is 6.76. The Labute approximate surface area is 161 Å². The molecule has 3 aromatic rings. The highest BCUT2D eigenvalue weighted by molar-refractivity contribution is 5.89. The Morgan fingerprint density at radius 1 is 1.32 bits per heavy atom. The second-order valence-corrected chi connectivity index (χ2v) is 7.60. The van der Waals surface area contributed by atoms with Gasteiger partial charge >= 0.3 is 5.97 Å². The van der Waals surface area contributed by atoms with Crippen LogP contribution in [-0.4, -0.2) is 38.4 Å². The van der Waals surface area contributed by atoms with E-state index < -0.39 is 23.3 Å². The van der Waals surface area contributed by atoms with E-state index in [1.54, 1.807) is 36.4 Å². The maximum absolute atomic E-state index is 12.2. The number of nitrogens with zero attached hydrogens (tertiary/aromatic N) is 3. The highest BCUT2D eigenvalue weighted by Gasteiger charge is 2.56. The van der Waals surface area contributed by atoms with Gasteiger partial charge in [0.15, 0.2) is 5.82 Å². The van der Waals surface area contributed by atoms with Crippen molar-refractivity contribution in [2.75, 3.05) is 12.3 Å². The Morgan fingerprint density at radius 2 is 2.07 bits per heavy atom. The second kappa shape index (κ2) is 6.57. The Kier molecular flexibility index (Phi) is 4.32. The molecule has 0 bridgehead atoms. The maximum Gasteiger partial charge on any atom is 0.338 e. The van der Waals surface area contributed by atoms with Crippen LogP contribution in [0.5, 0.6) is 0 Å². The fraction of sp³-hybridized carbons (Fsp3) is 0.350. The van der Waals surface area contributed by atoms with Crippen molar-refractivity contribution in [2.24, 2.45) is 5.41 Å². The summed E-state index contributed by atoms with van der Waals surface area (Å²) in [5, 5.41) is 15.6. The van der Waals surface area contributed by atoms with Gasteiger partial charge in [-0.1, -0.05) is 32.0 Å². The Bertz CT molecular complexity index is 1020. The number of ether oxygens (including phenoxy) is 2. The molecule has 2 atom stereocenters. The lowest BCUT2D eigenvalue weighted by atomic mass is 9.80. The Hall–Kier alpha value is -2.97. The van der Waals surface area contributed by atoms with Gasteiger partial charge in [0.25, 0.3) is 0 Å². The fourth-order valence-electron chi connectivity index (χ4n) is 3.69. The second-order valence-electron chi connectivity index (χ2n) is 7.60. The number of hydrogen-bond acceptors (Lipinski definition) is 7. The van der Waals surface area contributed by atoms with Gasteiger partial charge in [0.1, 0.15) is 24.1 Å². The molecular weight excluding hydrogens is 360 g/mol. The molecule has 8 heteroatoms. The largest absolute Gasteiger partial charge is 0.459 e. The number of anilines is 1. The quantitative estimate of drug-likeness (QED) is 0.665. The third-order valence-corrected chi connectivity index (χ3v) is 5.23. The number of rotatable bonds is 4. The van der Waals surface area contributed by atoms with Crippen LogP contribution in [0.1, 0.15) is 36.3 Å². The number of carbonyl (C=O) groups excluding carboxylic acids is 1. The Balaban J connectivity index is 1.55. The van der Waals surface area contributed by atoms with Crippen molar-refractivity contribution in [1.82, 2.24) is 14.6 Å². The number of benzene rings is 1. The molecule has 28 heavy (non-hydrogen) atoms. The normalized spacial score (nSPS) is 23.8. The third kappa shape index (κ3) is 2.90. The Morgan fingerprint density at radius 3 is 2.82 bits per heavy atom. The number of nitrogens with two attached hydrogens (primary N) is 1. The molecule has 1 fully saturated rings. The van der Waals surface area contributed by atoms with Crippen LogP contribution in [0.3, 0.4) is 0 Å². The molecule has 2 aromatic heterocycles. The summed E-state index contributed by atoms with van der Waals surface area (Å²) in [4.78, 5) is 16.2. The summed E-state index contributed by atoms with van der Waals surface area (Å²) in [5.74, 6) is -1.73. The lowest BCUT2D eigenvalue weighted by Crippen LogP contribution is -2.40. The third-order valence-electron chi connectivity index (χ3n) is 5.23. The molecule has 2 unspecified atom stereocenters. The molecule has 0 aliphatic carbocycles. The van der Waals surface area contributed by atoms with Gasteiger partial charge in [-0.2, -0.15) is 5.10 Å². The average molecular weight is 382 g/mol. The fourth-order valence-corrected chi connectivity index (χ4v) is 3.69. The predicted molar refractivity (Wildman–Crippen MR) is 101 cm³/mol. The van der Waals surface area contributed by atoms with Gasteiger partial charge < -0.3 is 20.3 Å². The number of fused-ring (bicyclic) bond motifs is 1. The molecule has 0 radical (unpaired) electrons. The molecule has 0 spiro atoms. The number of aromatic nitrogens is 3. The molecule has 1 aliphatic rings. The van der Waals surface area contributed by atoms with Crippen molar-refractivity contribution < 1.29 is 19.4 Å². The predicted octanol–water partition coefficient (Wildman–Crippen LogP) is 2.13. The van der Waals surface area contributed by atoms with Crippen LogP contribution < -0.4 is 5.73 Å². The first-order chi connectivity index (χ1) is 13.3. The van der Waals surface area contributed by atoms with Crippen LogP contribution in [0.4, 0.5) is 5.82 Å². The number of aliphatic hydroxyl groups is 1. The van der Waals surface area contributed by atoms with E-state index in [1.165, 1.54) is 10.8 Å². The summed E-state index contributed by atoms with van der Waals surface area (Å²) >= 11 is 0. The smallest absolute Gasteiger partial charge is 0.338 e. The number of nitrogen functional groups attached to an aromatic ring is 1. The van der Waals surface area contributed by atoms with Gasteiger partial charge in [-0.25, -0.2) is 14.3 Å². The van der Waals surface area contributed by atoms with E-state index in [0.717, 1.165) is 0 Å². The SMILES string of the molecule is CC1(C)CC(COC(=O)c2ccccc2)OC1(O)c1ccc2c(N)ncnn12. The van der Waals surface area contributed by atoms with Crippen LogP contribution in [0.15, 0.2) is 48.8 Å². The van der Waals surface area contributed by atoms with E-state index >= 15 is 0 Å². The van der Waals surface area contributed by atoms with E-state index in [-0.39, 0.29) is 6.61 Å². The number of esters is 1. The lowest BCUT2D eigenvalue weighted by molar-refractivity contribution is -0.249. The van der Waals surface area contributed by atoms with Crippen molar-refractivity contribution in [1.29, 1.82) is 0 Å². The molecule has 3 heterocycles. The van der Waals surface area contributed by atoms with Crippen molar-refractivity contribution in [2.45, 2.75) is 32.2 Å². The molecule has 1 saturated heterocycles. The summed E-state index contributed by atoms with van der Waals surface area (Å²) in [6.07, 6.45) is 1.37. The van der Waals surface area contributed by atoms with E-state index in [2.05, 4.69) is 10.1 Å². The molecule has 146 valence electrons. The van der Waals surface area contributed by atoms with Gasteiger partial charge in [-0.3, -0.25) is 0 Å². The van der Waals surface area contributed by atoms with Gasteiger partial charge in [-0.15, -0.1) is 0 Å². The zero-order chi connectivity index (χ0) is 19.9. The minimum Gasteiger partial charge on any atom is -0.459 e. The molecule has 8 nitrogen and oxygen atoms in total. The van der Waals surface area contributed by atoms with E-state index in [9.17, 15) is 9.90 Å². The first-order valence-corrected chi connectivity index (χ1v) is 9.03. The van der Waals surface area contributed by atoms with Gasteiger partial charge in [-0.05, 0) is 30.7 Å². The van der Waals surface area contributed by atoms with Gasteiger partial charge in [0, 0.05) is 5.41 Å². The highest BCUT2D eigenvalue weighted by Crippen LogP contribution is 2.51. The zero-order valence-electron chi connectivity index (χ0n) is 15.7. The minimum absolute atomic E-state index is 0.0416. The van der Waals surface area contributed by atoms with Crippen molar-refractivity contribution in [3.05, 3.63) is 60.0 Å². The van der Waals surface area contributed by atoms with Crippen LogP contribution in [0, 0.1) is 5.41 Å². The van der Waals surface area contributed by atoms with E-state index in [1.807, 2.05) is 19.9 Å². The van der Waals surface area contributed by atoms with Crippen molar-refractivity contribution >= 4 is 17.3 Å². The van der Waals surface area contributed by atoms with Gasteiger partial charge in [0.2, 0.25) is 5.79 Å². The van der Waals surface area contributed by atoms with Crippen LogP contribution >= 0.6 is 0 Å². The monoisotopic (exact) mass is 382 g/mol. The molecule has 0 amide bonds. The zero-order valence-corrected chi connectivity index (χ0v) is 15.7. The molecule has 0 saturated carbocycles. The lowest BCUT2D eigenvalue weighted by Gasteiger charge is -2.34. The topological polar surface area (TPSA) is 112 Å². The van der Waals surface area contributed by atoms with E-state index in [4.69, 9.17) is 15.2 Å². The summed E-state index contributed by atoms with van der Waals surface area (Å²) in [6.45, 7) is 3.84. The minimum atomic E-state index is -1.62. The first kappa shape index (κ1) is 18.4. The summed E-state index contributed by atoms with van der Waals surface area (Å²) in [6, 6.07) is 12.2. The first-order valence-electron chi connectivity index (χ1n) is 9.03. The van der Waals surface area contributed by atoms with Crippen LogP contribution in [0.25, 0.3) is 5.52 Å². The molecule has 3 N–H and O–H groups in total. The standard InChI is InChI=1S/C20H22N4O4/c1-19(2)10-14(11-27-18(25)13-6-4-3-5-7-13)28-20(19,26)16-9-8-15-17(21)22-12-23-24(15)16/h3-9,12,14,26H,10-11H2,1-2H3,(H2,21,22,23). The van der Waals surface area contributed by atoms with Crippen molar-refractivity contribution in [3.8, 4) is 0 Å². The molecular formula is C20H22N4O4. The highest BCUT2D eigenvalue weighted by atomic mass is 16.7. The number of carbonyl (C=O) groups is 1. The van der Waals surface area contributed by atoms with Crippen LogP contribution in [0.2, 0.25) is 0 Å². The van der Waals surface area contributed by atoms with E-state index in [0.29, 0.717) is 29.0 Å². The van der Waals surface area contributed by atoms with Crippen LogP contribution in [-0.2, 0) is 15.3 Å². The maximum atomic E-state index is 12.2. The molecule has 1 aliphatic heterocycles. The summed E-state index contributed by atoms with van der Waals surface area (Å²) in [7, 11) is 0. The summed E-state index contributed by atoms with van der Waals surface area (Å²) < 4.78 is 12.9. The van der Waals surface area contributed by atoms with Crippen molar-refractivity contribution in [3.63, 3.8) is 0 Å².